The second-order valence-electron chi connectivity index (χ2n) is 5.64. The Labute approximate surface area is 157 Å². The van der Waals surface area contributed by atoms with Crippen molar-refractivity contribution >= 4 is 29.1 Å². The summed E-state index contributed by atoms with van der Waals surface area (Å²) in [4.78, 5) is 10.4. The molecule has 2 aromatic rings. The average Bonchev–Trinajstić information content (AvgIpc) is 2.90. The number of nitrogens with one attached hydrogen (secondary N) is 2. The van der Waals surface area contributed by atoms with Gasteiger partial charge in [-0.25, -0.2) is 14.4 Å². The fourth-order valence-electron chi connectivity index (χ4n) is 2.32. The number of thiazole rings is 1. The first-order chi connectivity index (χ1) is 12.0. The summed E-state index contributed by atoms with van der Waals surface area (Å²) in [5.41, 5.74) is 3.13. The number of aryl methyl sites for hydroxylation is 2. The molecule has 0 saturated heterocycles. The third-order valence-electron chi connectivity index (χ3n) is 3.70. The van der Waals surface area contributed by atoms with Gasteiger partial charge in [0.2, 0.25) is 0 Å². The van der Waals surface area contributed by atoms with Crippen molar-refractivity contribution in [3.05, 3.63) is 50.7 Å². The van der Waals surface area contributed by atoms with Gasteiger partial charge in [-0.2, -0.15) is 11.8 Å². The molecule has 0 aliphatic carbocycles. The van der Waals surface area contributed by atoms with E-state index in [1.54, 1.807) is 29.2 Å². The van der Waals surface area contributed by atoms with Crippen LogP contribution >= 0.6 is 23.1 Å². The Balaban J connectivity index is 2.06. The second-order valence-corrected chi connectivity index (χ2v) is 7.80. The van der Waals surface area contributed by atoms with Crippen LogP contribution in [0, 0.1) is 19.7 Å². The minimum absolute atomic E-state index is 0.198. The van der Waals surface area contributed by atoms with E-state index in [2.05, 4.69) is 27.5 Å². The zero-order chi connectivity index (χ0) is 18.2. The molecule has 0 aliphatic rings. The largest absolute Gasteiger partial charge is 0.357 e. The average molecular weight is 381 g/mol. The van der Waals surface area contributed by atoms with E-state index in [9.17, 15) is 4.39 Å². The first-order valence-corrected chi connectivity index (χ1v) is 10.5. The summed E-state index contributed by atoms with van der Waals surface area (Å²) in [5, 5.41) is 7.61. The summed E-state index contributed by atoms with van der Waals surface area (Å²) >= 11 is 3.38. The number of hydrogen-bond acceptors (Lipinski definition) is 4. The number of aromatic nitrogens is 1. The molecule has 7 heteroatoms. The van der Waals surface area contributed by atoms with Crippen LogP contribution in [-0.4, -0.2) is 23.7 Å². The molecule has 1 aromatic carbocycles. The molecule has 0 radical (unpaired) electrons. The van der Waals surface area contributed by atoms with Crippen molar-refractivity contribution in [2.45, 2.75) is 39.6 Å². The fourth-order valence-corrected chi connectivity index (χ4v) is 3.77. The number of guanidine groups is 1. The number of benzene rings is 1. The van der Waals surface area contributed by atoms with Crippen molar-refractivity contribution in [3.8, 4) is 0 Å². The van der Waals surface area contributed by atoms with E-state index in [1.807, 2.05) is 26.2 Å². The smallest absolute Gasteiger partial charge is 0.191 e. The normalized spacial score (nSPS) is 11.6. The summed E-state index contributed by atoms with van der Waals surface area (Å²) in [6, 6.07) is 4.92. The van der Waals surface area contributed by atoms with Crippen LogP contribution in [0.25, 0.3) is 0 Å². The monoisotopic (exact) mass is 380 g/mol. The van der Waals surface area contributed by atoms with E-state index in [4.69, 9.17) is 0 Å². The highest BCUT2D eigenvalue weighted by molar-refractivity contribution is 7.97. The Morgan fingerprint density at radius 2 is 2.08 bits per heavy atom. The van der Waals surface area contributed by atoms with Crippen LogP contribution in [-0.2, 0) is 18.8 Å². The lowest BCUT2D eigenvalue weighted by atomic mass is 10.1. The Hall–Kier alpha value is -1.60. The van der Waals surface area contributed by atoms with E-state index < -0.39 is 0 Å². The summed E-state index contributed by atoms with van der Waals surface area (Å²) < 4.78 is 13.5. The van der Waals surface area contributed by atoms with Crippen LogP contribution in [0.3, 0.4) is 0 Å². The topological polar surface area (TPSA) is 49.3 Å². The zero-order valence-electron chi connectivity index (χ0n) is 15.1. The van der Waals surface area contributed by atoms with Gasteiger partial charge in [-0.1, -0.05) is 6.07 Å². The first kappa shape index (κ1) is 19.7. The molecule has 2 N–H and O–H groups in total. The predicted molar refractivity (Wildman–Crippen MR) is 107 cm³/mol. The van der Waals surface area contributed by atoms with Crippen molar-refractivity contribution in [2.24, 2.45) is 4.99 Å². The molecule has 0 fully saturated rings. The van der Waals surface area contributed by atoms with Gasteiger partial charge in [0.1, 0.15) is 10.8 Å². The Bertz CT molecular complexity index is 708. The van der Waals surface area contributed by atoms with Crippen LogP contribution in [0.4, 0.5) is 4.39 Å². The van der Waals surface area contributed by atoms with Crippen LogP contribution in [0.5, 0.6) is 0 Å². The minimum atomic E-state index is -0.198. The van der Waals surface area contributed by atoms with E-state index in [0.717, 1.165) is 40.1 Å². The lowest BCUT2D eigenvalue weighted by Gasteiger charge is -2.11. The van der Waals surface area contributed by atoms with Crippen LogP contribution < -0.4 is 10.6 Å². The van der Waals surface area contributed by atoms with Crippen molar-refractivity contribution in [3.63, 3.8) is 0 Å². The van der Waals surface area contributed by atoms with Crippen LogP contribution in [0.2, 0.25) is 0 Å². The van der Waals surface area contributed by atoms with Crippen molar-refractivity contribution < 1.29 is 4.39 Å². The molecular weight excluding hydrogens is 355 g/mol. The highest BCUT2D eigenvalue weighted by Crippen LogP contribution is 2.18. The van der Waals surface area contributed by atoms with Crippen molar-refractivity contribution in [2.75, 3.05) is 12.8 Å². The summed E-state index contributed by atoms with van der Waals surface area (Å²) in [6.45, 7) is 8.08. The number of thioether (sulfide) groups is 1. The van der Waals surface area contributed by atoms with E-state index in [0.29, 0.717) is 13.1 Å². The molecule has 0 spiro atoms. The van der Waals surface area contributed by atoms with Gasteiger partial charge in [0.15, 0.2) is 5.96 Å². The molecule has 2 rings (SSSR count). The summed E-state index contributed by atoms with van der Waals surface area (Å²) in [6.07, 6.45) is 2.02. The molecule has 0 amide bonds. The van der Waals surface area contributed by atoms with E-state index >= 15 is 0 Å². The van der Waals surface area contributed by atoms with Crippen LogP contribution in [0.1, 0.15) is 33.6 Å². The number of halogens is 1. The third-order valence-corrected chi connectivity index (χ3v) is 5.37. The van der Waals surface area contributed by atoms with Crippen molar-refractivity contribution in [1.29, 1.82) is 0 Å². The number of aliphatic imine (C=N–C) groups is 1. The van der Waals surface area contributed by atoms with Gasteiger partial charge < -0.3 is 10.6 Å². The van der Waals surface area contributed by atoms with Gasteiger partial charge in [-0.3, -0.25) is 0 Å². The highest BCUT2D eigenvalue weighted by atomic mass is 32.2. The van der Waals surface area contributed by atoms with Crippen molar-refractivity contribution in [1.82, 2.24) is 15.6 Å². The third kappa shape index (κ3) is 6.01. The van der Waals surface area contributed by atoms with Gasteiger partial charge in [0, 0.05) is 17.2 Å². The predicted octanol–water partition coefficient (Wildman–Crippen LogP) is 4.02. The van der Waals surface area contributed by atoms with Gasteiger partial charge in [-0.05, 0) is 50.3 Å². The van der Waals surface area contributed by atoms with Gasteiger partial charge >= 0.3 is 0 Å². The van der Waals surface area contributed by atoms with Gasteiger partial charge in [0.05, 0.1) is 18.8 Å². The molecule has 0 bridgehead atoms. The van der Waals surface area contributed by atoms with E-state index in [-0.39, 0.29) is 5.82 Å². The minimum Gasteiger partial charge on any atom is -0.357 e. The maximum atomic E-state index is 13.5. The molecule has 25 heavy (non-hydrogen) atoms. The molecule has 0 aliphatic heterocycles. The second kappa shape index (κ2) is 9.77. The van der Waals surface area contributed by atoms with Gasteiger partial charge in [0.25, 0.3) is 0 Å². The summed E-state index contributed by atoms with van der Waals surface area (Å²) in [5.74, 6) is 1.33. The molecule has 1 heterocycles. The Kier molecular flexibility index (Phi) is 7.71. The quantitative estimate of drug-likeness (QED) is 0.563. The maximum Gasteiger partial charge on any atom is 0.191 e. The summed E-state index contributed by atoms with van der Waals surface area (Å²) in [7, 11) is 0. The van der Waals surface area contributed by atoms with E-state index in [1.165, 1.54) is 10.9 Å². The molecule has 136 valence electrons. The lowest BCUT2D eigenvalue weighted by Crippen LogP contribution is -2.36. The SMILES string of the molecule is CCNC(=NCc1ccc(F)cc1CSC)NCc1nc(C)c(C)s1. The lowest BCUT2D eigenvalue weighted by molar-refractivity contribution is 0.625. The Morgan fingerprint density at radius 3 is 2.72 bits per heavy atom. The number of nitrogens with zero attached hydrogens (tertiary/aromatic N) is 2. The molecular formula is C18H25FN4S2. The fraction of sp³-hybridized carbons (Fsp3) is 0.444. The molecule has 0 atom stereocenters. The standard InChI is InChI=1S/C18H25FN4S2/c1-5-20-18(22-10-17-23-12(2)13(3)25-17)21-9-14-6-7-16(19)8-15(14)11-24-4/h6-8H,5,9-11H2,1-4H3,(H2,20,21,22). The number of rotatable bonds is 7. The first-order valence-electron chi connectivity index (χ1n) is 8.24. The molecule has 0 saturated carbocycles. The molecule has 1 aromatic heterocycles. The van der Waals surface area contributed by atoms with Crippen LogP contribution in [0.15, 0.2) is 23.2 Å². The molecule has 0 unspecified atom stereocenters. The maximum absolute atomic E-state index is 13.5. The zero-order valence-corrected chi connectivity index (χ0v) is 16.8. The number of hydrogen-bond donors (Lipinski definition) is 2. The Morgan fingerprint density at radius 1 is 1.28 bits per heavy atom. The molecule has 4 nitrogen and oxygen atoms in total. The highest BCUT2D eigenvalue weighted by Gasteiger charge is 2.07. The van der Waals surface area contributed by atoms with Gasteiger partial charge in [-0.15, -0.1) is 11.3 Å².